The monoisotopic (exact) mass is 402 g/mol. The zero-order chi connectivity index (χ0) is 20.1. The van der Waals surface area contributed by atoms with Crippen LogP contribution in [0.3, 0.4) is 0 Å². The lowest BCUT2D eigenvalue weighted by molar-refractivity contribution is -0.121. The Balaban J connectivity index is 1.50. The molecule has 0 spiro atoms. The number of rotatable bonds is 6. The maximum atomic E-state index is 12.8. The van der Waals surface area contributed by atoms with Crippen LogP contribution in [0.15, 0.2) is 83.4 Å². The van der Waals surface area contributed by atoms with Crippen LogP contribution in [-0.2, 0) is 17.9 Å². The van der Waals surface area contributed by atoms with Crippen LogP contribution in [-0.4, -0.2) is 20.4 Å². The summed E-state index contributed by atoms with van der Waals surface area (Å²) in [7, 11) is 0. The topological polar surface area (TPSA) is 76.9 Å². The van der Waals surface area contributed by atoms with Gasteiger partial charge in [-0.3, -0.25) is 14.2 Å². The Morgan fingerprint density at radius 3 is 2.52 bits per heavy atom. The summed E-state index contributed by atoms with van der Waals surface area (Å²) >= 11 is 1.38. The van der Waals surface area contributed by atoms with Crippen LogP contribution in [0.25, 0.3) is 21.8 Å². The molecule has 0 aliphatic heterocycles. The lowest BCUT2D eigenvalue weighted by atomic mass is 10.2. The molecule has 0 radical (unpaired) electrons. The fourth-order valence-corrected chi connectivity index (χ4v) is 3.69. The summed E-state index contributed by atoms with van der Waals surface area (Å²) in [5, 5.41) is 5.31. The highest BCUT2D eigenvalue weighted by Gasteiger charge is 2.13. The molecular formula is C22H18N4O2S. The summed E-state index contributed by atoms with van der Waals surface area (Å²) in [6.07, 6.45) is 2.87. The van der Waals surface area contributed by atoms with Crippen LogP contribution in [0, 0.1) is 0 Å². The van der Waals surface area contributed by atoms with Crippen molar-refractivity contribution in [3.63, 3.8) is 0 Å². The molecule has 4 rings (SSSR count). The third-order valence-electron chi connectivity index (χ3n) is 4.35. The van der Waals surface area contributed by atoms with E-state index in [0.29, 0.717) is 17.1 Å². The Morgan fingerprint density at radius 2 is 1.76 bits per heavy atom. The van der Waals surface area contributed by atoms with Gasteiger partial charge in [-0.1, -0.05) is 60.7 Å². The van der Waals surface area contributed by atoms with Gasteiger partial charge in [0.25, 0.3) is 5.56 Å². The van der Waals surface area contributed by atoms with Gasteiger partial charge in [0.1, 0.15) is 11.6 Å². The van der Waals surface area contributed by atoms with Gasteiger partial charge in [0.05, 0.1) is 17.6 Å². The Labute approximate surface area is 171 Å². The van der Waals surface area contributed by atoms with Crippen molar-refractivity contribution in [2.24, 2.45) is 0 Å². The highest BCUT2D eigenvalue weighted by atomic mass is 32.1. The quantitative estimate of drug-likeness (QED) is 0.537. The van der Waals surface area contributed by atoms with Gasteiger partial charge in [0, 0.05) is 23.7 Å². The van der Waals surface area contributed by atoms with E-state index in [0.717, 1.165) is 16.8 Å². The number of hydrogen-bond acceptors (Lipinski definition) is 5. The average Bonchev–Trinajstić information content (AvgIpc) is 3.25. The highest BCUT2D eigenvalue weighted by molar-refractivity contribution is 7.13. The normalized spacial score (nSPS) is 10.6. The molecule has 6 nitrogen and oxygen atoms in total. The molecule has 0 aliphatic carbocycles. The molecule has 7 heteroatoms. The Morgan fingerprint density at radius 1 is 1.03 bits per heavy atom. The van der Waals surface area contributed by atoms with E-state index in [2.05, 4.69) is 15.3 Å². The molecule has 0 unspecified atom stereocenters. The van der Waals surface area contributed by atoms with Crippen molar-refractivity contribution in [3.05, 3.63) is 94.5 Å². The molecule has 0 aliphatic rings. The number of nitrogens with zero attached hydrogens (tertiary/aromatic N) is 3. The third kappa shape index (κ3) is 4.47. The first-order chi connectivity index (χ1) is 14.2. The van der Waals surface area contributed by atoms with Crippen molar-refractivity contribution in [2.75, 3.05) is 0 Å². The summed E-state index contributed by atoms with van der Waals surface area (Å²) in [6.45, 7) is 0.317. The van der Waals surface area contributed by atoms with E-state index in [1.807, 2.05) is 66.0 Å². The molecule has 0 atom stereocenters. The summed E-state index contributed by atoms with van der Waals surface area (Å²) in [6, 6.07) is 19.4. The number of benzene rings is 2. The summed E-state index contributed by atoms with van der Waals surface area (Å²) in [4.78, 5) is 33.8. The summed E-state index contributed by atoms with van der Waals surface area (Å²) < 4.78 is 1.30. The minimum atomic E-state index is -0.288. The molecule has 0 saturated heterocycles. The van der Waals surface area contributed by atoms with E-state index in [1.165, 1.54) is 28.4 Å². The van der Waals surface area contributed by atoms with E-state index >= 15 is 0 Å². The van der Waals surface area contributed by atoms with E-state index in [1.54, 1.807) is 0 Å². The number of aromatic nitrogens is 3. The first kappa shape index (κ1) is 18.8. The van der Waals surface area contributed by atoms with Gasteiger partial charge in [-0.15, -0.1) is 11.3 Å². The van der Waals surface area contributed by atoms with Gasteiger partial charge in [0.15, 0.2) is 0 Å². The molecule has 0 fully saturated rings. The number of hydrogen-bond donors (Lipinski definition) is 1. The number of carbonyl (C=O) groups excluding carboxylic acids is 1. The highest BCUT2D eigenvalue weighted by Crippen LogP contribution is 2.26. The number of carbonyl (C=O) groups is 1. The fraction of sp³-hybridized carbons (Fsp3) is 0.0909. The Kier molecular flexibility index (Phi) is 5.58. The molecule has 0 saturated carbocycles. The van der Waals surface area contributed by atoms with E-state index < -0.39 is 0 Å². The van der Waals surface area contributed by atoms with Gasteiger partial charge in [-0.2, -0.15) is 0 Å². The standard InChI is InChI=1S/C22H18N4O2S/c27-20(24-11-16-7-3-1-4-8-16)13-26-15-23-12-18(22(26)28)21-25-19(14-29-21)17-9-5-2-6-10-17/h1-10,12,14-15H,11,13H2,(H,24,27). The van der Waals surface area contributed by atoms with Gasteiger partial charge in [0.2, 0.25) is 5.91 Å². The predicted octanol–water partition coefficient (Wildman–Crippen LogP) is 3.35. The maximum absolute atomic E-state index is 12.8. The van der Waals surface area contributed by atoms with E-state index in [4.69, 9.17) is 0 Å². The second-order valence-corrected chi connectivity index (χ2v) is 7.26. The van der Waals surface area contributed by atoms with Crippen molar-refractivity contribution in [1.82, 2.24) is 19.9 Å². The summed E-state index contributed by atoms with van der Waals surface area (Å²) in [5.41, 5.74) is 2.89. The SMILES string of the molecule is O=C(Cn1cncc(-c2nc(-c3ccccc3)cs2)c1=O)NCc1ccccc1. The fourth-order valence-electron chi connectivity index (χ4n) is 2.86. The van der Waals surface area contributed by atoms with Crippen LogP contribution in [0.1, 0.15) is 5.56 Å². The maximum Gasteiger partial charge on any atom is 0.264 e. The Bertz CT molecular complexity index is 1170. The molecule has 0 bridgehead atoms. The third-order valence-corrected chi connectivity index (χ3v) is 5.23. The van der Waals surface area contributed by atoms with Crippen molar-refractivity contribution in [1.29, 1.82) is 0 Å². The number of thiazole rings is 1. The second kappa shape index (κ2) is 8.62. The molecule has 1 amide bonds. The zero-order valence-electron chi connectivity index (χ0n) is 15.5. The van der Waals surface area contributed by atoms with Gasteiger partial charge in [-0.25, -0.2) is 9.97 Å². The van der Waals surface area contributed by atoms with Crippen LogP contribution < -0.4 is 10.9 Å². The van der Waals surface area contributed by atoms with Crippen LogP contribution >= 0.6 is 11.3 Å². The Hall–Kier alpha value is -3.58. The summed E-state index contributed by atoms with van der Waals surface area (Å²) in [5.74, 6) is -0.251. The largest absolute Gasteiger partial charge is 0.350 e. The van der Waals surface area contributed by atoms with Crippen molar-refractivity contribution < 1.29 is 4.79 Å². The van der Waals surface area contributed by atoms with Crippen LogP contribution in [0.4, 0.5) is 0 Å². The van der Waals surface area contributed by atoms with Crippen molar-refractivity contribution >= 4 is 17.2 Å². The molecule has 4 aromatic rings. The number of amides is 1. The second-order valence-electron chi connectivity index (χ2n) is 6.41. The molecule has 2 aromatic heterocycles. The minimum Gasteiger partial charge on any atom is -0.350 e. The molecule has 29 heavy (non-hydrogen) atoms. The molecule has 2 aromatic carbocycles. The van der Waals surface area contributed by atoms with Gasteiger partial charge >= 0.3 is 0 Å². The van der Waals surface area contributed by atoms with Crippen molar-refractivity contribution in [3.8, 4) is 21.8 Å². The van der Waals surface area contributed by atoms with E-state index in [9.17, 15) is 9.59 Å². The average molecular weight is 402 g/mol. The molecular weight excluding hydrogens is 384 g/mol. The van der Waals surface area contributed by atoms with Crippen LogP contribution in [0.2, 0.25) is 0 Å². The zero-order valence-corrected chi connectivity index (χ0v) is 16.3. The number of nitrogens with one attached hydrogen (secondary N) is 1. The van der Waals surface area contributed by atoms with Crippen LogP contribution in [0.5, 0.6) is 0 Å². The molecule has 144 valence electrons. The van der Waals surface area contributed by atoms with E-state index in [-0.39, 0.29) is 18.0 Å². The first-order valence-corrected chi connectivity index (χ1v) is 9.95. The lowest BCUT2D eigenvalue weighted by Crippen LogP contribution is -2.32. The lowest BCUT2D eigenvalue weighted by Gasteiger charge is -2.08. The van der Waals surface area contributed by atoms with Crippen molar-refractivity contribution in [2.45, 2.75) is 13.1 Å². The molecule has 2 heterocycles. The predicted molar refractivity (Wildman–Crippen MR) is 113 cm³/mol. The minimum absolute atomic E-state index is 0.0938. The first-order valence-electron chi connectivity index (χ1n) is 9.07. The van der Waals surface area contributed by atoms with Gasteiger partial charge in [-0.05, 0) is 5.56 Å². The smallest absolute Gasteiger partial charge is 0.264 e. The van der Waals surface area contributed by atoms with Gasteiger partial charge < -0.3 is 5.32 Å². The molecule has 1 N–H and O–H groups in total.